The smallest absolute Gasteiger partial charge is 0.313 e. The van der Waals surface area contributed by atoms with Crippen LogP contribution in [0.15, 0.2) is 36.0 Å². The molecule has 0 aliphatic carbocycles. The minimum Gasteiger partial charge on any atom is -0.457 e. The van der Waals surface area contributed by atoms with E-state index in [9.17, 15) is 29.4 Å². The number of allylic oxidation sites excluding steroid dienone is 2. The van der Waals surface area contributed by atoms with Crippen LogP contribution >= 0.6 is 0 Å². The van der Waals surface area contributed by atoms with E-state index in [2.05, 4.69) is 0 Å². The van der Waals surface area contributed by atoms with Crippen molar-refractivity contribution in [1.82, 2.24) is 0 Å². The first-order chi connectivity index (χ1) is 18.1. The molecule has 8 atom stereocenters. The van der Waals surface area contributed by atoms with Crippen LogP contribution in [0.25, 0.3) is 0 Å². The average molecular weight is 549 g/mol. The number of Topliss-reactive ketones (excluding diaryl/α,β-unsaturated/α-hetero) is 2. The Morgan fingerprint density at radius 1 is 1.28 bits per heavy atom. The second-order valence-electron chi connectivity index (χ2n) is 11.3. The first-order valence-electron chi connectivity index (χ1n) is 13.6. The fourth-order valence-electron chi connectivity index (χ4n) is 4.75. The summed E-state index contributed by atoms with van der Waals surface area (Å²) in [5.41, 5.74) is -2.02. The van der Waals surface area contributed by atoms with Gasteiger partial charge in [-0.15, -0.1) is 0 Å². The van der Waals surface area contributed by atoms with Crippen LogP contribution < -0.4 is 0 Å². The SMILES string of the molecule is CCC(=O)[C@@H](C)[C@H]1O[C@@H]1CC(C)(O)/C=C/C=C(\C)[C@H]1OC(=O)CC(=O)CC[C@](C)(O)[C@@H](OC(C)=O)/C=C/[C@@H]1C. The standard InChI is InChI=1S/C30H44O9/c1-8-23(33)20(4)28-24(38-28)17-29(6,35)14-9-10-18(2)27-19(3)11-12-25(37-21(5)31)30(7,36)15-13-22(32)16-26(34)39-27/h9-12,14,19-20,24-25,27-28,35-36H,8,13,15-17H2,1-7H3/b12-11+,14-9+,18-10+/t19-,20+,24+,25-,27+,28+,29?,30-/m0/s1. The lowest BCUT2D eigenvalue weighted by Gasteiger charge is -2.31. The van der Waals surface area contributed by atoms with Gasteiger partial charge in [-0.1, -0.05) is 45.1 Å². The van der Waals surface area contributed by atoms with Crippen LogP contribution in [-0.2, 0) is 33.4 Å². The summed E-state index contributed by atoms with van der Waals surface area (Å²) in [6.45, 7) is 11.6. The zero-order valence-electron chi connectivity index (χ0n) is 24.1. The number of ether oxygens (including phenoxy) is 3. The summed E-state index contributed by atoms with van der Waals surface area (Å²) in [7, 11) is 0. The van der Waals surface area contributed by atoms with Gasteiger partial charge in [0.05, 0.1) is 17.8 Å². The van der Waals surface area contributed by atoms with Crippen molar-refractivity contribution in [3.05, 3.63) is 36.0 Å². The van der Waals surface area contributed by atoms with Gasteiger partial charge in [0.25, 0.3) is 0 Å². The molecular weight excluding hydrogens is 504 g/mol. The van der Waals surface area contributed by atoms with Gasteiger partial charge in [-0.2, -0.15) is 0 Å². The third-order valence-electron chi connectivity index (χ3n) is 7.33. The van der Waals surface area contributed by atoms with Crippen molar-refractivity contribution in [2.75, 3.05) is 0 Å². The second-order valence-corrected chi connectivity index (χ2v) is 11.3. The highest BCUT2D eigenvalue weighted by Crippen LogP contribution is 2.36. The predicted octanol–water partition coefficient (Wildman–Crippen LogP) is 3.55. The number of ketones is 2. The molecule has 2 aliphatic rings. The van der Waals surface area contributed by atoms with Gasteiger partial charge in [0, 0.05) is 38.0 Å². The van der Waals surface area contributed by atoms with Gasteiger partial charge in [0.15, 0.2) is 0 Å². The molecule has 0 radical (unpaired) electrons. The predicted molar refractivity (Wildman–Crippen MR) is 144 cm³/mol. The van der Waals surface area contributed by atoms with Crippen LogP contribution in [0.5, 0.6) is 0 Å². The summed E-state index contributed by atoms with van der Waals surface area (Å²) < 4.78 is 16.6. The molecule has 2 rings (SSSR count). The van der Waals surface area contributed by atoms with Crippen LogP contribution in [0.2, 0.25) is 0 Å². The van der Waals surface area contributed by atoms with E-state index in [1.165, 1.54) is 13.8 Å². The summed E-state index contributed by atoms with van der Waals surface area (Å²) in [5.74, 6) is -2.08. The third-order valence-corrected chi connectivity index (χ3v) is 7.33. The van der Waals surface area contributed by atoms with Crippen molar-refractivity contribution in [2.45, 2.75) is 116 Å². The maximum absolute atomic E-state index is 12.5. The summed E-state index contributed by atoms with van der Waals surface area (Å²) in [4.78, 5) is 48.5. The monoisotopic (exact) mass is 548 g/mol. The van der Waals surface area contributed by atoms with Crippen LogP contribution in [0.4, 0.5) is 0 Å². The van der Waals surface area contributed by atoms with Gasteiger partial charge < -0.3 is 24.4 Å². The zero-order chi connectivity index (χ0) is 29.5. The Bertz CT molecular complexity index is 1000. The number of cyclic esters (lactones) is 1. The van der Waals surface area contributed by atoms with Crippen LogP contribution in [-0.4, -0.2) is 69.3 Å². The highest BCUT2D eigenvalue weighted by atomic mass is 16.6. The Labute approximate surface area is 231 Å². The molecule has 1 unspecified atom stereocenters. The van der Waals surface area contributed by atoms with Crippen LogP contribution in [0.1, 0.15) is 80.6 Å². The molecule has 0 bridgehead atoms. The molecule has 39 heavy (non-hydrogen) atoms. The fourth-order valence-corrected chi connectivity index (χ4v) is 4.75. The van der Waals surface area contributed by atoms with E-state index in [0.717, 1.165) is 0 Å². The van der Waals surface area contributed by atoms with Crippen molar-refractivity contribution in [3.63, 3.8) is 0 Å². The maximum Gasteiger partial charge on any atom is 0.313 e. The lowest BCUT2D eigenvalue weighted by molar-refractivity contribution is -0.156. The van der Waals surface area contributed by atoms with Crippen molar-refractivity contribution in [2.24, 2.45) is 11.8 Å². The van der Waals surface area contributed by atoms with E-state index in [4.69, 9.17) is 14.2 Å². The minimum atomic E-state index is -1.50. The summed E-state index contributed by atoms with van der Waals surface area (Å²) >= 11 is 0. The first kappa shape index (κ1) is 32.6. The fraction of sp³-hybridized carbons (Fsp3) is 0.667. The van der Waals surface area contributed by atoms with Crippen molar-refractivity contribution in [1.29, 1.82) is 0 Å². The lowest BCUT2D eigenvalue weighted by Crippen LogP contribution is -2.42. The van der Waals surface area contributed by atoms with Crippen molar-refractivity contribution >= 4 is 23.5 Å². The molecule has 0 amide bonds. The minimum absolute atomic E-state index is 0.0172. The highest BCUT2D eigenvalue weighted by molar-refractivity contribution is 5.95. The topological polar surface area (TPSA) is 140 Å². The number of carbonyl (C=O) groups is 4. The van der Waals surface area contributed by atoms with Gasteiger partial charge in [0.2, 0.25) is 0 Å². The molecule has 2 N–H and O–H groups in total. The van der Waals surface area contributed by atoms with E-state index < -0.39 is 41.8 Å². The second kappa shape index (κ2) is 13.6. The normalized spacial score (nSPS) is 33.8. The molecule has 218 valence electrons. The Morgan fingerprint density at radius 3 is 2.56 bits per heavy atom. The molecule has 2 heterocycles. The summed E-state index contributed by atoms with van der Waals surface area (Å²) in [5, 5.41) is 21.7. The molecule has 0 aromatic heterocycles. The van der Waals surface area contributed by atoms with E-state index >= 15 is 0 Å². The van der Waals surface area contributed by atoms with Gasteiger partial charge in [-0.25, -0.2) is 0 Å². The van der Waals surface area contributed by atoms with Crippen LogP contribution in [0.3, 0.4) is 0 Å². The van der Waals surface area contributed by atoms with Crippen molar-refractivity contribution < 1.29 is 43.6 Å². The first-order valence-corrected chi connectivity index (χ1v) is 13.6. The van der Waals surface area contributed by atoms with Gasteiger partial charge in [0.1, 0.15) is 35.8 Å². The largest absolute Gasteiger partial charge is 0.457 e. The summed E-state index contributed by atoms with van der Waals surface area (Å²) in [6, 6.07) is 0. The number of epoxide rings is 1. The number of aliphatic hydroxyl groups is 2. The Morgan fingerprint density at radius 2 is 1.95 bits per heavy atom. The molecule has 9 heteroatoms. The number of hydrogen-bond donors (Lipinski definition) is 2. The Kier molecular flexibility index (Phi) is 11.4. The third kappa shape index (κ3) is 10.1. The summed E-state index contributed by atoms with van der Waals surface area (Å²) in [6.07, 6.45) is 6.48. The number of hydrogen-bond acceptors (Lipinski definition) is 9. The quantitative estimate of drug-likeness (QED) is 0.146. The van der Waals surface area contributed by atoms with Gasteiger partial charge >= 0.3 is 11.9 Å². The molecule has 1 saturated heterocycles. The number of esters is 2. The lowest BCUT2D eigenvalue weighted by atomic mass is 9.89. The molecular formula is C30H44O9. The molecule has 9 nitrogen and oxygen atoms in total. The molecule has 0 aromatic rings. The van der Waals surface area contributed by atoms with E-state index in [1.54, 1.807) is 44.2 Å². The average Bonchev–Trinajstić information content (AvgIpc) is 3.59. The number of rotatable bonds is 9. The van der Waals surface area contributed by atoms with Gasteiger partial charge in [-0.3, -0.25) is 19.2 Å². The van der Waals surface area contributed by atoms with Crippen LogP contribution in [0, 0.1) is 11.8 Å². The molecule has 1 fully saturated rings. The van der Waals surface area contributed by atoms with E-state index in [0.29, 0.717) is 18.4 Å². The van der Waals surface area contributed by atoms with E-state index in [-0.39, 0.29) is 48.5 Å². The van der Waals surface area contributed by atoms with Crippen molar-refractivity contribution in [3.8, 4) is 0 Å². The maximum atomic E-state index is 12.5. The molecule has 0 aromatic carbocycles. The Hall–Kier alpha value is -2.62. The van der Waals surface area contributed by atoms with E-state index in [1.807, 2.05) is 20.8 Å². The molecule has 2 aliphatic heterocycles. The van der Waals surface area contributed by atoms with Gasteiger partial charge in [-0.05, 0) is 38.8 Å². The zero-order valence-corrected chi connectivity index (χ0v) is 24.1. The molecule has 0 saturated carbocycles. The highest BCUT2D eigenvalue weighted by Gasteiger charge is 2.47. The molecule has 0 spiro atoms. The Balaban J connectivity index is 2.19. The number of carbonyl (C=O) groups excluding carboxylic acids is 4.